The average Bonchev–Trinajstić information content (AvgIpc) is 2.16. The smallest absolute Gasteiger partial charge is 0.139 e. The van der Waals surface area contributed by atoms with E-state index in [2.05, 4.69) is 22.6 Å². The van der Waals surface area contributed by atoms with Gasteiger partial charge in [-0.05, 0) is 0 Å². The van der Waals surface area contributed by atoms with E-state index in [0.717, 1.165) is 15.6 Å². The lowest BCUT2D eigenvalue weighted by Crippen LogP contribution is -3.33. The molecule has 12 heavy (non-hydrogen) atoms. The first-order valence-corrected chi connectivity index (χ1v) is 4.95. The van der Waals surface area contributed by atoms with Gasteiger partial charge in [0.1, 0.15) is 11.8 Å². The van der Waals surface area contributed by atoms with Gasteiger partial charge in [0.05, 0.1) is 0 Å². The second kappa shape index (κ2) is 4.21. The summed E-state index contributed by atoms with van der Waals surface area (Å²) in [6.07, 6.45) is 0. The third kappa shape index (κ3) is 1.83. The first-order valence-electron chi connectivity index (χ1n) is 3.42. The highest BCUT2D eigenvalue weighted by atomic mass is 127. The molecule has 0 bridgehead atoms. The Morgan fingerprint density at radius 2 is 2.17 bits per heavy atom. The molecular weight excluding hydrogens is 263 g/mol. The van der Waals surface area contributed by atoms with Crippen molar-refractivity contribution in [1.82, 2.24) is 0 Å². The van der Waals surface area contributed by atoms with Crippen LogP contribution in [0.4, 0.5) is 0 Å². The van der Waals surface area contributed by atoms with E-state index in [9.17, 15) is 0 Å². The Balaban J connectivity index is 3.15. The molecule has 0 aliphatic heterocycles. The molecule has 1 rings (SSSR count). The Labute approximate surface area is 84.9 Å². The van der Waals surface area contributed by atoms with Crippen LogP contribution in [0, 0.1) is 16.7 Å². The summed E-state index contributed by atoms with van der Waals surface area (Å²) in [6.45, 7) is 0. The van der Waals surface area contributed by atoms with E-state index in [0.29, 0.717) is 0 Å². The summed E-state index contributed by atoms with van der Waals surface area (Å²) < 4.78 is 0.831. The van der Waals surface area contributed by atoms with Crippen LogP contribution in [0.3, 0.4) is 0 Å². The zero-order valence-electron chi connectivity index (χ0n) is 6.34. The highest BCUT2D eigenvalue weighted by molar-refractivity contribution is 6.10. The maximum atomic E-state index is 8.53. The minimum absolute atomic E-state index is 0.0438. The normalized spacial score (nSPS) is 9.00. The van der Waals surface area contributed by atoms with Crippen LogP contribution in [-0.2, 0) is 4.43 Å². The Morgan fingerprint density at radius 1 is 1.50 bits per heavy atom. The SMILES string of the molecule is N#CC(=N)c1ccccc1C[I-]. The summed E-state index contributed by atoms with van der Waals surface area (Å²) in [5.41, 5.74) is 1.83. The minimum atomic E-state index is 0.0438. The van der Waals surface area contributed by atoms with Crippen LogP contribution >= 0.6 is 0 Å². The van der Waals surface area contributed by atoms with Gasteiger partial charge in [-0.3, -0.25) is 5.41 Å². The molecule has 61 valence electrons. The molecule has 0 aliphatic carbocycles. The Hall–Kier alpha value is -0.890. The zero-order chi connectivity index (χ0) is 8.97. The van der Waals surface area contributed by atoms with Gasteiger partial charge in [-0.15, -0.1) is 4.43 Å². The van der Waals surface area contributed by atoms with Crippen molar-refractivity contribution in [3.05, 3.63) is 35.4 Å². The monoisotopic (exact) mass is 270 g/mol. The molecule has 0 unspecified atom stereocenters. The quantitative estimate of drug-likeness (QED) is 0.402. The predicted octanol–water partition coefficient (Wildman–Crippen LogP) is -1.37. The van der Waals surface area contributed by atoms with Crippen molar-refractivity contribution in [1.29, 1.82) is 10.7 Å². The summed E-state index contributed by atoms with van der Waals surface area (Å²) >= 11 is 2.22. The fourth-order valence-electron chi connectivity index (χ4n) is 0.941. The number of rotatable bonds is 2. The number of hydrogen-bond acceptors (Lipinski definition) is 2. The molecule has 0 fully saturated rings. The van der Waals surface area contributed by atoms with Gasteiger partial charge in [0.2, 0.25) is 0 Å². The number of nitrogens with zero attached hydrogens (tertiary/aromatic N) is 1. The lowest BCUT2D eigenvalue weighted by molar-refractivity contribution is -0.386. The first-order chi connectivity index (χ1) is 5.79. The van der Waals surface area contributed by atoms with Gasteiger partial charge in [0.15, 0.2) is 0 Å². The van der Waals surface area contributed by atoms with E-state index in [1.165, 1.54) is 0 Å². The largest absolute Gasteiger partial charge is 0.792 e. The maximum Gasteiger partial charge on any atom is 0.139 e. The summed E-state index contributed by atoms with van der Waals surface area (Å²) in [5.74, 6) is 0. The van der Waals surface area contributed by atoms with Crippen LogP contribution in [0.1, 0.15) is 11.1 Å². The van der Waals surface area contributed by atoms with Crippen molar-refractivity contribution in [3.63, 3.8) is 0 Å². The number of benzene rings is 1. The molecule has 0 amide bonds. The topological polar surface area (TPSA) is 47.6 Å². The summed E-state index contributed by atoms with van der Waals surface area (Å²) in [6, 6.07) is 9.34. The summed E-state index contributed by atoms with van der Waals surface area (Å²) in [7, 11) is 0. The van der Waals surface area contributed by atoms with Crippen molar-refractivity contribution in [2.24, 2.45) is 0 Å². The van der Waals surface area contributed by atoms with Crippen molar-refractivity contribution in [2.75, 3.05) is 0 Å². The highest BCUT2D eigenvalue weighted by Crippen LogP contribution is 2.06. The van der Waals surface area contributed by atoms with E-state index in [-0.39, 0.29) is 5.71 Å². The van der Waals surface area contributed by atoms with Crippen molar-refractivity contribution in [3.8, 4) is 6.07 Å². The number of alkyl halides is 1. The van der Waals surface area contributed by atoms with Crippen LogP contribution < -0.4 is 22.6 Å². The second-order valence-electron chi connectivity index (χ2n) is 2.28. The molecule has 2 nitrogen and oxygen atoms in total. The third-order valence-electron chi connectivity index (χ3n) is 1.54. The van der Waals surface area contributed by atoms with Crippen molar-refractivity contribution >= 4 is 5.71 Å². The Bertz CT molecular complexity index is 339. The van der Waals surface area contributed by atoms with Crippen LogP contribution in [0.15, 0.2) is 24.3 Å². The van der Waals surface area contributed by atoms with Gasteiger partial charge in [0.25, 0.3) is 0 Å². The first kappa shape index (κ1) is 9.20. The Kier molecular flexibility index (Phi) is 3.23. The lowest BCUT2D eigenvalue weighted by Gasteiger charge is -2.08. The molecule has 1 aromatic carbocycles. The van der Waals surface area contributed by atoms with Crippen LogP contribution in [0.5, 0.6) is 0 Å². The fourth-order valence-corrected chi connectivity index (χ4v) is 1.61. The molecule has 0 saturated carbocycles. The molecular formula is C9H7IN2-. The van der Waals surface area contributed by atoms with Crippen molar-refractivity contribution in [2.45, 2.75) is 4.43 Å². The van der Waals surface area contributed by atoms with Gasteiger partial charge in [-0.1, -0.05) is 29.8 Å². The van der Waals surface area contributed by atoms with E-state index in [1.54, 1.807) is 6.07 Å². The highest BCUT2D eigenvalue weighted by Gasteiger charge is 2.01. The van der Waals surface area contributed by atoms with Gasteiger partial charge >= 0.3 is 0 Å². The van der Waals surface area contributed by atoms with Gasteiger partial charge in [0, 0.05) is 5.56 Å². The second-order valence-corrected chi connectivity index (χ2v) is 3.04. The van der Waals surface area contributed by atoms with Crippen LogP contribution in [-0.4, -0.2) is 5.71 Å². The lowest BCUT2D eigenvalue weighted by atomic mass is 10.1. The molecule has 1 aromatic rings. The number of hydrogen-bond donors (Lipinski definition) is 1. The standard InChI is InChI=1S/C9H7IN2/c10-5-7-3-1-2-4-8(7)9(12)6-11/h1-4,12H,5H2/q-1. The molecule has 0 aliphatic rings. The minimum Gasteiger partial charge on any atom is -0.792 e. The van der Waals surface area contributed by atoms with Gasteiger partial charge in [-0.2, -0.15) is 5.26 Å². The molecule has 0 atom stereocenters. The molecule has 0 aromatic heterocycles. The number of nitrogens with one attached hydrogen (secondary N) is 1. The van der Waals surface area contributed by atoms with E-state index >= 15 is 0 Å². The predicted molar refractivity (Wildman–Crippen MR) is 42.6 cm³/mol. The van der Waals surface area contributed by atoms with Gasteiger partial charge in [-0.25, -0.2) is 0 Å². The Morgan fingerprint density at radius 3 is 2.75 bits per heavy atom. The zero-order valence-corrected chi connectivity index (χ0v) is 8.50. The van der Waals surface area contributed by atoms with E-state index in [4.69, 9.17) is 10.7 Å². The fraction of sp³-hybridized carbons (Fsp3) is 0.111. The number of nitriles is 1. The molecule has 1 N–H and O–H groups in total. The molecule has 0 spiro atoms. The molecule has 0 saturated heterocycles. The van der Waals surface area contributed by atoms with Gasteiger partial charge < -0.3 is 22.6 Å². The van der Waals surface area contributed by atoms with Crippen LogP contribution in [0.25, 0.3) is 0 Å². The summed E-state index contributed by atoms with van der Waals surface area (Å²) in [5, 5.41) is 15.9. The molecule has 3 heteroatoms. The molecule has 1 radical (unpaired) electrons. The third-order valence-corrected chi connectivity index (χ3v) is 2.36. The average molecular weight is 270 g/mol. The van der Waals surface area contributed by atoms with E-state index < -0.39 is 0 Å². The van der Waals surface area contributed by atoms with E-state index in [1.807, 2.05) is 24.3 Å². The molecule has 0 heterocycles. The van der Waals surface area contributed by atoms with Crippen molar-refractivity contribution < 1.29 is 22.6 Å². The summed E-state index contributed by atoms with van der Waals surface area (Å²) in [4.78, 5) is 0. The van der Waals surface area contributed by atoms with Crippen LogP contribution in [0.2, 0.25) is 0 Å². The maximum absolute atomic E-state index is 8.53. The number of halogens is 1.